The Kier molecular flexibility index (Phi) is 6.66. The van der Waals surface area contributed by atoms with Crippen LogP contribution in [0.25, 0.3) is 16.6 Å². The Bertz CT molecular complexity index is 1470. The number of aliphatic hydroxyl groups is 1. The van der Waals surface area contributed by atoms with E-state index in [0.717, 1.165) is 52.7 Å². The van der Waals surface area contributed by atoms with E-state index in [1.54, 1.807) is 10.7 Å². The van der Waals surface area contributed by atoms with Gasteiger partial charge in [0.05, 0.1) is 40.3 Å². The van der Waals surface area contributed by atoms with Crippen molar-refractivity contribution in [1.29, 1.82) is 0 Å². The molecule has 0 aliphatic heterocycles. The molecule has 186 valence electrons. The highest BCUT2D eigenvalue weighted by Crippen LogP contribution is 2.33. The van der Waals surface area contributed by atoms with E-state index in [0.29, 0.717) is 10.6 Å². The van der Waals surface area contributed by atoms with E-state index >= 15 is 0 Å². The normalized spacial score (nSPS) is 18.2. The number of halogens is 2. The van der Waals surface area contributed by atoms with Crippen LogP contribution in [0.3, 0.4) is 0 Å². The van der Waals surface area contributed by atoms with Gasteiger partial charge in [0.25, 0.3) is 0 Å². The summed E-state index contributed by atoms with van der Waals surface area (Å²) in [5.74, 6) is -0.273. The Labute approximate surface area is 213 Å². The zero-order chi connectivity index (χ0) is 25.4. The molecule has 1 aliphatic rings. The van der Waals surface area contributed by atoms with Gasteiger partial charge < -0.3 is 21.9 Å². The van der Waals surface area contributed by atoms with Crippen LogP contribution in [0.5, 0.6) is 0 Å². The number of nitrogens with zero attached hydrogens (tertiary/aromatic N) is 3. The van der Waals surface area contributed by atoms with Gasteiger partial charge in [0, 0.05) is 29.9 Å². The number of nitrogens with two attached hydrogens (primary N) is 2. The minimum absolute atomic E-state index is 0.00465. The SMILES string of the molecule is Cc1cc(CO)ccc1-c1cc2c(NC3CCC(N)C3)c(C(N)=Nc3cc(F)ccc3Cl)cnn2c1. The summed E-state index contributed by atoms with van der Waals surface area (Å²) in [6.45, 7) is 2.01. The first-order valence-electron chi connectivity index (χ1n) is 11.9. The van der Waals surface area contributed by atoms with Gasteiger partial charge in [0.1, 0.15) is 11.7 Å². The Morgan fingerprint density at radius 2 is 2.08 bits per heavy atom. The maximum atomic E-state index is 13.8. The number of rotatable bonds is 6. The van der Waals surface area contributed by atoms with E-state index in [1.807, 2.05) is 31.3 Å². The van der Waals surface area contributed by atoms with Crippen molar-refractivity contribution in [3.05, 3.63) is 82.4 Å². The largest absolute Gasteiger partial charge is 0.392 e. The zero-order valence-electron chi connectivity index (χ0n) is 19.9. The number of aromatic nitrogens is 2. The summed E-state index contributed by atoms with van der Waals surface area (Å²) >= 11 is 6.23. The van der Waals surface area contributed by atoms with Crippen molar-refractivity contribution in [3.63, 3.8) is 0 Å². The van der Waals surface area contributed by atoms with Gasteiger partial charge in [-0.2, -0.15) is 5.10 Å². The molecular weight excluding hydrogens is 479 g/mol. The van der Waals surface area contributed by atoms with E-state index < -0.39 is 5.82 Å². The molecule has 6 N–H and O–H groups in total. The first-order valence-corrected chi connectivity index (χ1v) is 12.2. The second-order valence-electron chi connectivity index (χ2n) is 9.31. The molecule has 2 aromatic heterocycles. The minimum Gasteiger partial charge on any atom is -0.392 e. The molecule has 4 aromatic rings. The molecule has 2 heterocycles. The second kappa shape index (κ2) is 9.89. The number of aryl methyl sites for hydroxylation is 1. The van der Waals surface area contributed by atoms with Gasteiger partial charge in [-0.05, 0) is 61.1 Å². The average Bonchev–Trinajstić information content (AvgIpc) is 3.47. The van der Waals surface area contributed by atoms with E-state index in [-0.39, 0.29) is 30.2 Å². The molecule has 2 atom stereocenters. The van der Waals surface area contributed by atoms with Crippen molar-refractivity contribution in [2.24, 2.45) is 16.5 Å². The van der Waals surface area contributed by atoms with Crippen LogP contribution in [0.2, 0.25) is 5.02 Å². The number of aliphatic imine (C=N–C) groups is 1. The lowest BCUT2D eigenvalue weighted by atomic mass is 10.0. The lowest BCUT2D eigenvalue weighted by molar-refractivity contribution is 0.282. The predicted octanol–water partition coefficient (Wildman–Crippen LogP) is 4.92. The molecule has 1 fully saturated rings. The second-order valence-corrected chi connectivity index (χ2v) is 9.71. The standard InChI is InChI=1S/C27H28ClFN6O/c1-15-8-16(14-36)2-6-21(15)17-9-25-26(33-20-5-4-19(30)11-20)22(12-32-35(25)13-17)27(31)34-24-10-18(29)3-7-23(24)28/h2-3,6-10,12-13,19-20,33,36H,4-5,11,14,30H2,1H3,(H2,31,34). The third kappa shape index (κ3) is 4.80. The van der Waals surface area contributed by atoms with E-state index in [2.05, 4.69) is 21.5 Å². The average molecular weight is 507 g/mol. The van der Waals surface area contributed by atoms with Gasteiger partial charge in [0.15, 0.2) is 0 Å². The molecule has 0 spiro atoms. The van der Waals surface area contributed by atoms with Crippen molar-refractivity contribution in [2.75, 3.05) is 5.32 Å². The molecular formula is C27H28ClFN6O. The topological polar surface area (TPSA) is 114 Å². The van der Waals surface area contributed by atoms with Crippen LogP contribution in [0.4, 0.5) is 15.8 Å². The highest BCUT2D eigenvalue weighted by Gasteiger charge is 2.24. The van der Waals surface area contributed by atoms with Crippen molar-refractivity contribution >= 4 is 34.3 Å². The molecule has 36 heavy (non-hydrogen) atoms. The zero-order valence-corrected chi connectivity index (χ0v) is 20.6. The van der Waals surface area contributed by atoms with Crippen molar-refractivity contribution in [1.82, 2.24) is 9.61 Å². The molecule has 0 saturated heterocycles. The van der Waals surface area contributed by atoms with Crippen LogP contribution in [0, 0.1) is 12.7 Å². The first kappa shape index (κ1) is 24.2. The van der Waals surface area contributed by atoms with Crippen LogP contribution in [0.15, 0.2) is 59.9 Å². The van der Waals surface area contributed by atoms with Gasteiger partial charge >= 0.3 is 0 Å². The molecule has 0 amide bonds. The van der Waals surface area contributed by atoms with Gasteiger partial charge in [0.2, 0.25) is 0 Å². The van der Waals surface area contributed by atoms with Crippen molar-refractivity contribution in [3.8, 4) is 11.1 Å². The lowest BCUT2D eigenvalue weighted by Gasteiger charge is -2.18. The minimum atomic E-state index is -0.448. The van der Waals surface area contributed by atoms with Crippen molar-refractivity contribution < 1.29 is 9.50 Å². The monoisotopic (exact) mass is 506 g/mol. The fraction of sp³-hybridized carbons (Fsp3) is 0.259. The van der Waals surface area contributed by atoms with Crippen LogP contribution in [-0.4, -0.2) is 32.6 Å². The highest BCUT2D eigenvalue weighted by atomic mass is 35.5. The number of hydrogen-bond donors (Lipinski definition) is 4. The van der Waals surface area contributed by atoms with E-state index in [4.69, 9.17) is 23.1 Å². The van der Waals surface area contributed by atoms with E-state index in [9.17, 15) is 9.50 Å². The molecule has 0 radical (unpaired) electrons. The number of aliphatic hydroxyl groups excluding tert-OH is 1. The molecule has 7 nitrogen and oxygen atoms in total. The van der Waals surface area contributed by atoms with Crippen LogP contribution in [0.1, 0.15) is 36.0 Å². The molecule has 2 unspecified atom stereocenters. The number of amidine groups is 1. The molecule has 2 aromatic carbocycles. The smallest absolute Gasteiger partial charge is 0.135 e. The quantitative estimate of drug-likeness (QED) is 0.219. The fourth-order valence-electron chi connectivity index (χ4n) is 4.81. The fourth-order valence-corrected chi connectivity index (χ4v) is 4.97. The summed E-state index contributed by atoms with van der Waals surface area (Å²) in [4.78, 5) is 4.43. The maximum absolute atomic E-state index is 13.8. The number of nitrogens with one attached hydrogen (secondary N) is 1. The third-order valence-electron chi connectivity index (χ3n) is 6.67. The summed E-state index contributed by atoms with van der Waals surface area (Å²) in [5.41, 5.74) is 19.0. The molecule has 9 heteroatoms. The number of hydrogen-bond acceptors (Lipinski definition) is 5. The lowest BCUT2D eigenvalue weighted by Crippen LogP contribution is -2.24. The summed E-state index contributed by atoms with van der Waals surface area (Å²) in [5, 5.41) is 18.0. The number of anilines is 1. The Morgan fingerprint density at radius 3 is 2.81 bits per heavy atom. The Balaban J connectivity index is 1.63. The summed E-state index contributed by atoms with van der Waals surface area (Å²) in [6, 6.07) is 12.2. The molecule has 5 rings (SSSR count). The predicted molar refractivity (Wildman–Crippen MR) is 142 cm³/mol. The molecule has 0 bridgehead atoms. The Hall–Kier alpha value is -3.46. The maximum Gasteiger partial charge on any atom is 0.135 e. The van der Waals surface area contributed by atoms with Gasteiger partial charge in [-0.3, -0.25) is 0 Å². The number of benzene rings is 2. The summed E-state index contributed by atoms with van der Waals surface area (Å²) in [6.07, 6.45) is 6.34. The van der Waals surface area contributed by atoms with Crippen LogP contribution in [-0.2, 0) is 6.61 Å². The molecule has 1 saturated carbocycles. The summed E-state index contributed by atoms with van der Waals surface area (Å²) < 4.78 is 15.6. The third-order valence-corrected chi connectivity index (χ3v) is 6.99. The van der Waals surface area contributed by atoms with Gasteiger partial charge in [-0.1, -0.05) is 29.8 Å². The first-order chi connectivity index (χ1) is 17.3. The van der Waals surface area contributed by atoms with Crippen LogP contribution >= 0.6 is 11.6 Å². The van der Waals surface area contributed by atoms with Gasteiger partial charge in [-0.15, -0.1) is 0 Å². The summed E-state index contributed by atoms with van der Waals surface area (Å²) in [7, 11) is 0. The molecule has 1 aliphatic carbocycles. The van der Waals surface area contributed by atoms with Gasteiger partial charge in [-0.25, -0.2) is 13.9 Å². The van der Waals surface area contributed by atoms with Crippen LogP contribution < -0.4 is 16.8 Å². The number of fused-ring (bicyclic) bond motifs is 1. The Morgan fingerprint density at radius 1 is 1.25 bits per heavy atom. The van der Waals surface area contributed by atoms with E-state index in [1.165, 1.54) is 18.2 Å². The van der Waals surface area contributed by atoms with Crippen molar-refractivity contribution in [2.45, 2.75) is 44.9 Å². The highest BCUT2D eigenvalue weighted by molar-refractivity contribution is 6.33.